The Labute approximate surface area is 198 Å². The summed E-state index contributed by atoms with van der Waals surface area (Å²) in [5.74, 6) is 1.81. The maximum absolute atomic E-state index is 12.2. The molecular formula is C26H30N4O4. The predicted molar refractivity (Wildman–Crippen MR) is 130 cm³/mol. The van der Waals surface area contributed by atoms with Crippen molar-refractivity contribution in [2.45, 2.75) is 32.3 Å². The summed E-state index contributed by atoms with van der Waals surface area (Å²) in [4.78, 5) is 24.1. The van der Waals surface area contributed by atoms with E-state index in [0.717, 1.165) is 54.6 Å². The molecule has 0 saturated carbocycles. The van der Waals surface area contributed by atoms with E-state index in [2.05, 4.69) is 28.4 Å². The Morgan fingerprint density at radius 1 is 1.24 bits per heavy atom. The number of carbonyl (C=O) groups is 1. The molecule has 178 valence electrons. The number of phenols is 1. The third-order valence-corrected chi connectivity index (χ3v) is 6.49. The highest BCUT2D eigenvalue weighted by molar-refractivity contribution is 5.92. The van der Waals surface area contributed by atoms with Crippen molar-refractivity contribution in [1.82, 2.24) is 15.3 Å². The van der Waals surface area contributed by atoms with Gasteiger partial charge in [-0.25, -0.2) is 14.8 Å². The summed E-state index contributed by atoms with van der Waals surface area (Å²) in [5, 5.41) is 14.3. The molecule has 1 aromatic heterocycles. The number of piperidine rings is 1. The van der Waals surface area contributed by atoms with Crippen molar-refractivity contribution >= 4 is 22.8 Å². The van der Waals surface area contributed by atoms with Crippen LogP contribution in [0.1, 0.15) is 24.8 Å². The van der Waals surface area contributed by atoms with Crippen molar-refractivity contribution in [1.29, 1.82) is 0 Å². The van der Waals surface area contributed by atoms with Gasteiger partial charge in [0.15, 0.2) is 5.82 Å². The summed E-state index contributed by atoms with van der Waals surface area (Å²) < 4.78 is 10.7. The summed E-state index contributed by atoms with van der Waals surface area (Å²) in [6, 6.07) is 13.3. The van der Waals surface area contributed by atoms with Crippen molar-refractivity contribution in [2.75, 3.05) is 37.7 Å². The zero-order valence-electron chi connectivity index (χ0n) is 19.4. The van der Waals surface area contributed by atoms with E-state index < -0.39 is 0 Å². The quantitative estimate of drug-likeness (QED) is 0.591. The molecule has 8 nitrogen and oxygen atoms in total. The molecule has 34 heavy (non-hydrogen) atoms. The number of alkyl carbamates (subject to hydrolysis) is 1. The number of aryl methyl sites for hydroxylation is 1. The summed E-state index contributed by atoms with van der Waals surface area (Å²) in [6.45, 7) is 5.36. The number of hydrogen-bond donors (Lipinski definition) is 2. The van der Waals surface area contributed by atoms with Crippen molar-refractivity contribution in [2.24, 2.45) is 5.92 Å². The first-order chi connectivity index (χ1) is 16.6. The van der Waals surface area contributed by atoms with E-state index in [1.807, 2.05) is 19.1 Å². The largest absolute Gasteiger partial charge is 0.507 e. The molecule has 0 aliphatic carbocycles. The number of phenolic OH excluding ortho intramolecular Hbond substituents is 1. The standard InChI is InChI=1S/C26H30N4O4/c1-17-8-9-20-22(13-17)28-24(21-6-2-3-7-23(21)31)29-25(20)30-11-4-5-18(15-30)14-27-26(32)34-19-10-12-33-16-19/h2-3,6-9,13,18-19,31H,4-5,10-12,14-16H2,1H3,(H,27,32)/t18?,19-/m1/s1. The summed E-state index contributed by atoms with van der Waals surface area (Å²) in [6.07, 6.45) is 2.26. The van der Waals surface area contributed by atoms with Crippen molar-refractivity contribution in [3.05, 3.63) is 48.0 Å². The lowest BCUT2D eigenvalue weighted by molar-refractivity contribution is 0.0821. The second-order valence-electron chi connectivity index (χ2n) is 9.13. The summed E-state index contributed by atoms with van der Waals surface area (Å²) in [5.41, 5.74) is 2.58. The van der Waals surface area contributed by atoms with Crippen LogP contribution >= 0.6 is 0 Å². The molecular weight excluding hydrogens is 432 g/mol. The fourth-order valence-electron chi connectivity index (χ4n) is 4.70. The fraction of sp³-hybridized carbons (Fsp3) is 0.423. The maximum atomic E-state index is 12.2. The van der Waals surface area contributed by atoms with Gasteiger partial charge in [-0.05, 0) is 55.5 Å². The molecule has 5 rings (SSSR count). The number of aromatic hydroxyl groups is 1. The molecule has 0 spiro atoms. The van der Waals surface area contributed by atoms with Gasteiger partial charge in [-0.3, -0.25) is 0 Å². The number of nitrogens with one attached hydrogen (secondary N) is 1. The van der Waals surface area contributed by atoms with Gasteiger partial charge in [0.2, 0.25) is 0 Å². The molecule has 3 heterocycles. The number of fused-ring (bicyclic) bond motifs is 1. The van der Waals surface area contributed by atoms with Gasteiger partial charge in [-0.15, -0.1) is 0 Å². The Hall–Kier alpha value is -3.39. The van der Waals surface area contributed by atoms with Crippen LogP contribution in [-0.4, -0.2) is 60.1 Å². The van der Waals surface area contributed by atoms with Crippen molar-refractivity contribution < 1.29 is 19.4 Å². The van der Waals surface area contributed by atoms with Gasteiger partial charge in [0.1, 0.15) is 17.7 Å². The van der Waals surface area contributed by atoms with Gasteiger partial charge in [0.25, 0.3) is 0 Å². The Balaban J connectivity index is 1.37. The smallest absolute Gasteiger partial charge is 0.407 e. The number of carbonyl (C=O) groups excluding carboxylic acids is 1. The van der Waals surface area contributed by atoms with Crippen LogP contribution in [0.4, 0.5) is 10.6 Å². The van der Waals surface area contributed by atoms with Crippen LogP contribution in [0.25, 0.3) is 22.3 Å². The molecule has 8 heteroatoms. The summed E-state index contributed by atoms with van der Waals surface area (Å²) >= 11 is 0. The second-order valence-corrected chi connectivity index (χ2v) is 9.13. The molecule has 2 N–H and O–H groups in total. The Bertz CT molecular complexity index is 1180. The molecule has 1 amide bonds. The monoisotopic (exact) mass is 462 g/mol. The normalized spacial score (nSPS) is 20.4. The van der Waals surface area contributed by atoms with Crippen LogP contribution in [0, 0.1) is 12.8 Å². The summed E-state index contributed by atoms with van der Waals surface area (Å²) in [7, 11) is 0. The number of rotatable bonds is 5. The number of ether oxygens (including phenoxy) is 2. The van der Waals surface area contributed by atoms with E-state index in [1.165, 1.54) is 0 Å². The molecule has 2 aliphatic rings. The van der Waals surface area contributed by atoms with E-state index in [9.17, 15) is 9.90 Å². The topological polar surface area (TPSA) is 96.8 Å². The fourth-order valence-corrected chi connectivity index (χ4v) is 4.70. The first-order valence-corrected chi connectivity index (χ1v) is 11.9. The van der Waals surface area contributed by atoms with Gasteiger partial charge < -0.3 is 24.8 Å². The number of para-hydroxylation sites is 1. The average Bonchev–Trinajstić information content (AvgIpc) is 3.35. The van der Waals surface area contributed by atoms with Gasteiger partial charge >= 0.3 is 6.09 Å². The van der Waals surface area contributed by atoms with Crippen LogP contribution in [0.15, 0.2) is 42.5 Å². The van der Waals surface area contributed by atoms with E-state index in [1.54, 1.807) is 12.1 Å². The highest BCUT2D eigenvalue weighted by Crippen LogP contribution is 2.33. The van der Waals surface area contributed by atoms with Crippen LogP contribution in [0.5, 0.6) is 5.75 Å². The molecule has 3 aromatic rings. The van der Waals surface area contributed by atoms with Crippen molar-refractivity contribution in [3.63, 3.8) is 0 Å². The van der Waals surface area contributed by atoms with E-state index in [0.29, 0.717) is 31.1 Å². The third kappa shape index (κ3) is 4.92. The van der Waals surface area contributed by atoms with Gasteiger partial charge in [0.05, 0.1) is 24.3 Å². The number of benzene rings is 2. The molecule has 0 radical (unpaired) electrons. The first-order valence-electron chi connectivity index (χ1n) is 11.9. The minimum atomic E-state index is -0.377. The molecule has 1 unspecified atom stereocenters. The third-order valence-electron chi connectivity index (χ3n) is 6.49. The lowest BCUT2D eigenvalue weighted by Gasteiger charge is -2.34. The Morgan fingerprint density at radius 2 is 2.12 bits per heavy atom. The number of aromatic nitrogens is 2. The number of hydrogen-bond acceptors (Lipinski definition) is 7. The highest BCUT2D eigenvalue weighted by Gasteiger charge is 2.25. The lowest BCUT2D eigenvalue weighted by Crippen LogP contribution is -2.42. The average molecular weight is 463 g/mol. The number of anilines is 1. The Morgan fingerprint density at radius 3 is 2.94 bits per heavy atom. The number of amides is 1. The maximum Gasteiger partial charge on any atom is 0.407 e. The van der Waals surface area contributed by atoms with Gasteiger partial charge in [0, 0.05) is 31.4 Å². The zero-order chi connectivity index (χ0) is 23.5. The molecule has 2 atom stereocenters. The van der Waals surface area contributed by atoms with Crippen LogP contribution in [-0.2, 0) is 9.47 Å². The Kier molecular flexibility index (Phi) is 6.49. The van der Waals surface area contributed by atoms with Crippen LogP contribution in [0.3, 0.4) is 0 Å². The second kappa shape index (κ2) is 9.85. The minimum absolute atomic E-state index is 0.147. The number of nitrogens with zero attached hydrogens (tertiary/aromatic N) is 3. The van der Waals surface area contributed by atoms with E-state index in [-0.39, 0.29) is 23.9 Å². The predicted octanol–water partition coefficient (Wildman–Crippen LogP) is 4.04. The van der Waals surface area contributed by atoms with Crippen molar-refractivity contribution in [3.8, 4) is 17.1 Å². The zero-order valence-corrected chi connectivity index (χ0v) is 19.4. The van der Waals surface area contributed by atoms with Gasteiger partial charge in [-0.2, -0.15) is 0 Å². The van der Waals surface area contributed by atoms with Crippen LogP contribution < -0.4 is 10.2 Å². The molecule has 2 aromatic carbocycles. The molecule has 2 fully saturated rings. The van der Waals surface area contributed by atoms with Gasteiger partial charge in [-0.1, -0.05) is 18.2 Å². The molecule has 0 bridgehead atoms. The van der Waals surface area contributed by atoms with Crippen LogP contribution in [0.2, 0.25) is 0 Å². The minimum Gasteiger partial charge on any atom is -0.507 e. The highest BCUT2D eigenvalue weighted by atomic mass is 16.6. The first kappa shape index (κ1) is 22.4. The van der Waals surface area contributed by atoms with E-state index in [4.69, 9.17) is 19.4 Å². The molecule has 2 aliphatic heterocycles. The lowest BCUT2D eigenvalue weighted by atomic mass is 9.97. The van der Waals surface area contributed by atoms with E-state index >= 15 is 0 Å². The molecule has 2 saturated heterocycles. The SMILES string of the molecule is Cc1ccc2c(N3CCCC(CNC(=O)O[C@@H]4CCOC4)C3)nc(-c3ccccc3O)nc2c1.